The molecule has 2 aromatic heterocycles. The molecule has 0 saturated heterocycles. The second kappa shape index (κ2) is 6.97. The van der Waals surface area contributed by atoms with E-state index >= 15 is 0 Å². The SMILES string of the molecule is Cc1oncc1[C@]1(C)CC(c2cc(-c3cncnc3)c(F)cc2F)N=C(N)S1. The quantitative estimate of drug-likeness (QED) is 0.710. The number of aromatic nitrogens is 3. The lowest BCUT2D eigenvalue weighted by molar-refractivity contribution is 0.393. The molecule has 1 aromatic carbocycles. The maximum Gasteiger partial charge on any atom is 0.155 e. The number of amidine groups is 1. The number of aliphatic imine (C=N–C) groups is 1. The van der Waals surface area contributed by atoms with Crippen molar-refractivity contribution in [1.82, 2.24) is 15.1 Å². The number of rotatable bonds is 3. The zero-order valence-electron chi connectivity index (χ0n) is 15.2. The van der Waals surface area contributed by atoms with Crippen molar-refractivity contribution in [2.75, 3.05) is 0 Å². The molecule has 0 spiro atoms. The van der Waals surface area contributed by atoms with Crippen LogP contribution in [0, 0.1) is 18.6 Å². The molecule has 28 heavy (non-hydrogen) atoms. The molecule has 144 valence electrons. The summed E-state index contributed by atoms with van der Waals surface area (Å²) in [6.45, 7) is 3.80. The minimum Gasteiger partial charge on any atom is -0.378 e. The summed E-state index contributed by atoms with van der Waals surface area (Å²) in [6, 6.07) is 1.75. The van der Waals surface area contributed by atoms with Crippen LogP contribution in [0.5, 0.6) is 0 Å². The fourth-order valence-electron chi connectivity index (χ4n) is 3.50. The highest BCUT2D eigenvalue weighted by atomic mass is 32.2. The van der Waals surface area contributed by atoms with Gasteiger partial charge in [-0.25, -0.2) is 18.7 Å². The van der Waals surface area contributed by atoms with E-state index in [0.717, 1.165) is 11.6 Å². The van der Waals surface area contributed by atoms with Gasteiger partial charge in [0.05, 0.1) is 17.0 Å². The van der Waals surface area contributed by atoms with Crippen LogP contribution in [-0.4, -0.2) is 20.3 Å². The molecule has 4 rings (SSSR count). The predicted octanol–water partition coefficient (Wildman–Crippen LogP) is 4.13. The molecule has 6 nitrogen and oxygen atoms in total. The zero-order valence-corrected chi connectivity index (χ0v) is 16.0. The largest absolute Gasteiger partial charge is 0.378 e. The van der Waals surface area contributed by atoms with Gasteiger partial charge in [-0.2, -0.15) is 0 Å². The fraction of sp³-hybridized carbons (Fsp3) is 0.263. The summed E-state index contributed by atoms with van der Waals surface area (Å²) in [4.78, 5) is 12.2. The van der Waals surface area contributed by atoms with E-state index in [9.17, 15) is 8.78 Å². The van der Waals surface area contributed by atoms with Crippen molar-refractivity contribution in [3.05, 3.63) is 65.6 Å². The normalized spacial score (nSPS) is 22.1. The van der Waals surface area contributed by atoms with E-state index < -0.39 is 22.4 Å². The Labute approximate surface area is 164 Å². The first-order valence-corrected chi connectivity index (χ1v) is 9.37. The van der Waals surface area contributed by atoms with Crippen LogP contribution >= 0.6 is 11.8 Å². The Morgan fingerprint density at radius 2 is 1.93 bits per heavy atom. The minimum atomic E-state index is -0.684. The highest BCUT2D eigenvalue weighted by Gasteiger charge is 2.39. The number of thioether (sulfide) groups is 1. The van der Waals surface area contributed by atoms with E-state index in [2.05, 4.69) is 20.1 Å². The molecule has 0 radical (unpaired) electrons. The van der Waals surface area contributed by atoms with Crippen molar-refractivity contribution < 1.29 is 13.3 Å². The molecule has 3 aromatic rings. The van der Waals surface area contributed by atoms with Crippen LogP contribution in [0.3, 0.4) is 0 Å². The van der Waals surface area contributed by atoms with Crippen LogP contribution in [0.15, 0.2) is 46.6 Å². The van der Waals surface area contributed by atoms with E-state index in [-0.39, 0.29) is 11.1 Å². The molecule has 1 unspecified atom stereocenters. The van der Waals surface area contributed by atoms with Crippen molar-refractivity contribution in [2.45, 2.75) is 31.1 Å². The Bertz CT molecular complexity index is 1060. The number of hydrogen-bond acceptors (Lipinski definition) is 7. The first-order chi connectivity index (χ1) is 13.4. The van der Waals surface area contributed by atoms with E-state index in [0.29, 0.717) is 22.9 Å². The number of nitrogens with zero attached hydrogens (tertiary/aromatic N) is 4. The highest BCUT2D eigenvalue weighted by molar-refractivity contribution is 8.14. The van der Waals surface area contributed by atoms with Gasteiger partial charge >= 0.3 is 0 Å². The number of hydrogen-bond donors (Lipinski definition) is 1. The zero-order chi connectivity index (χ0) is 19.9. The predicted molar refractivity (Wildman–Crippen MR) is 103 cm³/mol. The van der Waals surface area contributed by atoms with Crippen molar-refractivity contribution in [1.29, 1.82) is 0 Å². The molecule has 0 aliphatic carbocycles. The number of halogens is 2. The minimum absolute atomic E-state index is 0.215. The molecule has 9 heteroatoms. The summed E-state index contributed by atoms with van der Waals surface area (Å²) in [5.41, 5.74) is 7.88. The van der Waals surface area contributed by atoms with E-state index in [1.807, 2.05) is 13.8 Å². The molecule has 2 N–H and O–H groups in total. The molecule has 1 aliphatic rings. The maximum atomic E-state index is 14.7. The second-order valence-electron chi connectivity index (χ2n) is 6.80. The van der Waals surface area contributed by atoms with Gasteiger partial charge in [-0.15, -0.1) is 0 Å². The van der Waals surface area contributed by atoms with Gasteiger partial charge < -0.3 is 10.3 Å². The fourth-order valence-corrected chi connectivity index (χ4v) is 4.69. The number of benzene rings is 1. The third kappa shape index (κ3) is 3.26. The third-order valence-corrected chi connectivity index (χ3v) is 5.98. The Morgan fingerprint density at radius 3 is 2.61 bits per heavy atom. The van der Waals surface area contributed by atoms with Gasteiger partial charge in [0, 0.05) is 40.7 Å². The third-order valence-electron chi connectivity index (χ3n) is 4.83. The maximum absolute atomic E-state index is 14.7. The van der Waals surface area contributed by atoms with Gasteiger partial charge in [-0.05, 0) is 26.3 Å². The molecule has 1 aliphatic heterocycles. The van der Waals surface area contributed by atoms with Gasteiger partial charge in [0.25, 0.3) is 0 Å². The average molecular weight is 401 g/mol. The number of aryl methyl sites for hydroxylation is 1. The van der Waals surface area contributed by atoms with Gasteiger partial charge in [-0.3, -0.25) is 4.99 Å². The number of nitrogens with two attached hydrogens (primary N) is 1. The highest BCUT2D eigenvalue weighted by Crippen LogP contribution is 2.49. The Morgan fingerprint density at radius 1 is 1.18 bits per heavy atom. The van der Waals surface area contributed by atoms with E-state index in [1.165, 1.54) is 36.5 Å². The molecule has 0 bridgehead atoms. The smallest absolute Gasteiger partial charge is 0.155 e. The summed E-state index contributed by atoms with van der Waals surface area (Å²) >= 11 is 1.38. The van der Waals surface area contributed by atoms with Crippen molar-refractivity contribution in [2.24, 2.45) is 10.7 Å². The molecular formula is C19H17F2N5OS. The average Bonchev–Trinajstić information content (AvgIpc) is 3.09. The lowest BCUT2D eigenvalue weighted by Crippen LogP contribution is -2.30. The summed E-state index contributed by atoms with van der Waals surface area (Å²) < 4.78 is 33.8. The molecular weight excluding hydrogens is 384 g/mol. The van der Waals surface area contributed by atoms with Gasteiger partial charge in [0.1, 0.15) is 23.7 Å². The standard InChI is InChI=1S/C19H17F2N5OS/c1-10-14(8-25-27-10)19(2)5-17(26-18(22)28-19)13-3-12(15(20)4-16(13)21)11-6-23-9-24-7-11/h3-4,6-9,17H,5H2,1-2H3,(H2,22,26)/t17?,19-/m0/s1. The van der Waals surface area contributed by atoms with E-state index in [1.54, 1.807) is 6.20 Å². The van der Waals surface area contributed by atoms with Crippen LogP contribution in [0.4, 0.5) is 8.78 Å². The molecule has 2 atom stereocenters. The second-order valence-corrected chi connectivity index (χ2v) is 8.32. The van der Waals surface area contributed by atoms with Crippen LogP contribution in [0.25, 0.3) is 11.1 Å². The molecule has 3 heterocycles. The van der Waals surface area contributed by atoms with Crippen LogP contribution in [-0.2, 0) is 4.75 Å². The first kappa shape index (κ1) is 18.5. The molecule has 0 fully saturated rings. The van der Waals surface area contributed by atoms with E-state index in [4.69, 9.17) is 10.3 Å². The Kier molecular flexibility index (Phi) is 4.62. The van der Waals surface area contributed by atoms with Crippen molar-refractivity contribution in [3.63, 3.8) is 0 Å². The monoisotopic (exact) mass is 401 g/mol. The molecule has 0 saturated carbocycles. The summed E-state index contributed by atoms with van der Waals surface area (Å²) in [6.07, 6.45) is 6.40. The summed E-state index contributed by atoms with van der Waals surface area (Å²) in [5, 5.41) is 4.17. The lowest BCUT2D eigenvalue weighted by Gasteiger charge is -2.35. The Hall–Kier alpha value is -2.81. The Balaban J connectivity index is 1.78. The van der Waals surface area contributed by atoms with Gasteiger partial charge in [0.15, 0.2) is 5.17 Å². The van der Waals surface area contributed by atoms with Gasteiger partial charge in [0.2, 0.25) is 0 Å². The first-order valence-electron chi connectivity index (χ1n) is 8.56. The van der Waals surface area contributed by atoms with Crippen molar-refractivity contribution >= 4 is 16.9 Å². The summed E-state index contributed by atoms with van der Waals surface area (Å²) in [7, 11) is 0. The van der Waals surface area contributed by atoms with Crippen molar-refractivity contribution in [3.8, 4) is 11.1 Å². The van der Waals surface area contributed by atoms with Crippen LogP contribution < -0.4 is 5.73 Å². The molecule has 0 amide bonds. The summed E-state index contributed by atoms with van der Waals surface area (Å²) in [5.74, 6) is -0.683. The van der Waals surface area contributed by atoms with Crippen LogP contribution in [0.2, 0.25) is 0 Å². The lowest BCUT2D eigenvalue weighted by atomic mass is 9.89. The topological polar surface area (TPSA) is 90.2 Å². The van der Waals surface area contributed by atoms with Gasteiger partial charge in [-0.1, -0.05) is 16.9 Å². The van der Waals surface area contributed by atoms with Crippen LogP contribution in [0.1, 0.15) is 36.3 Å².